The number of benzene rings is 1. The van der Waals surface area contributed by atoms with Crippen molar-refractivity contribution in [2.24, 2.45) is 0 Å². The van der Waals surface area contributed by atoms with Gasteiger partial charge in [-0.1, -0.05) is 18.2 Å². The van der Waals surface area contributed by atoms with Crippen molar-refractivity contribution in [3.05, 3.63) is 47.3 Å². The zero-order chi connectivity index (χ0) is 18.0. The highest BCUT2D eigenvalue weighted by Crippen LogP contribution is 2.26. The fourth-order valence-corrected chi connectivity index (χ4v) is 4.80. The molecule has 1 aliphatic rings. The zero-order valence-electron chi connectivity index (χ0n) is 13.7. The lowest BCUT2D eigenvalue weighted by atomic mass is 10.3. The molecule has 0 atom stereocenters. The van der Waals surface area contributed by atoms with E-state index in [1.807, 2.05) is 19.1 Å². The van der Waals surface area contributed by atoms with Crippen molar-refractivity contribution >= 4 is 38.0 Å². The van der Waals surface area contributed by atoms with Gasteiger partial charge in [0.15, 0.2) is 9.84 Å². The number of anilines is 1. The van der Waals surface area contributed by atoms with E-state index < -0.39 is 21.5 Å². The Labute approximate surface area is 150 Å². The second-order valence-electron chi connectivity index (χ2n) is 5.82. The number of nitrogens with zero attached hydrogens (tertiary/aromatic N) is 2. The molecule has 2 aromatic rings. The van der Waals surface area contributed by atoms with Crippen molar-refractivity contribution in [3.63, 3.8) is 0 Å². The minimum atomic E-state index is -3.70. The molecule has 1 fully saturated rings. The molecule has 1 aromatic carbocycles. The van der Waals surface area contributed by atoms with Crippen LogP contribution in [0.2, 0.25) is 0 Å². The first-order valence-electron chi connectivity index (χ1n) is 7.79. The Kier molecular flexibility index (Phi) is 4.91. The molecule has 0 saturated carbocycles. The van der Waals surface area contributed by atoms with Crippen LogP contribution in [0.3, 0.4) is 0 Å². The fourth-order valence-electron chi connectivity index (χ4n) is 2.65. The van der Waals surface area contributed by atoms with E-state index in [-0.39, 0.29) is 17.3 Å². The summed E-state index contributed by atoms with van der Waals surface area (Å²) in [7, 11) is -3.70. The van der Waals surface area contributed by atoms with Gasteiger partial charge in [-0.15, -0.1) is 11.3 Å². The summed E-state index contributed by atoms with van der Waals surface area (Å²) in [5.41, 5.74) is 0. The molecule has 0 radical (unpaired) electrons. The first kappa shape index (κ1) is 17.6. The van der Waals surface area contributed by atoms with Gasteiger partial charge in [0.25, 0.3) is 0 Å². The second-order valence-corrected chi connectivity index (χ2v) is 9.07. The highest BCUT2D eigenvalue weighted by atomic mass is 32.2. The van der Waals surface area contributed by atoms with E-state index in [0.29, 0.717) is 13.1 Å². The van der Waals surface area contributed by atoms with Crippen molar-refractivity contribution < 1.29 is 18.0 Å². The molecular weight excluding hydrogens is 360 g/mol. The summed E-state index contributed by atoms with van der Waals surface area (Å²) in [5.74, 6) is -1.36. The lowest BCUT2D eigenvalue weighted by Crippen LogP contribution is -2.53. The second kappa shape index (κ2) is 6.97. The average Bonchev–Trinajstić information content (AvgIpc) is 3.01. The van der Waals surface area contributed by atoms with Crippen LogP contribution < -0.4 is 4.90 Å². The Bertz CT molecular complexity index is 890. The Morgan fingerprint density at radius 3 is 2.44 bits per heavy atom. The molecule has 0 unspecified atom stereocenters. The standard InChI is InChI=1S/C17H18N2O4S2/c1-13-7-8-17(24-13)19-10-9-18(11-15(19)20)16(21)12-25(22,23)14-5-3-2-4-6-14/h2-8H,9-12H2,1H3. The van der Waals surface area contributed by atoms with Crippen LogP contribution in [0.25, 0.3) is 0 Å². The number of carbonyl (C=O) groups is 2. The first-order valence-corrected chi connectivity index (χ1v) is 10.3. The summed E-state index contributed by atoms with van der Waals surface area (Å²) in [6.45, 7) is 2.56. The summed E-state index contributed by atoms with van der Waals surface area (Å²) in [6.07, 6.45) is 0. The highest BCUT2D eigenvalue weighted by molar-refractivity contribution is 7.92. The van der Waals surface area contributed by atoms with Crippen LogP contribution in [-0.2, 0) is 19.4 Å². The Morgan fingerprint density at radius 1 is 1.12 bits per heavy atom. The molecule has 6 nitrogen and oxygen atoms in total. The largest absolute Gasteiger partial charge is 0.331 e. The molecule has 1 saturated heterocycles. The molecule has 3 rings (SSSR count). The summed E-state index contributed by atoms with van der Waals surface area (Å²) in [6, 6.07) is 11.7. The molecule has 0 bridgehead atoms. The van der Waals surface area contributed by atoms with Crippen molar-refractivity contribution in [1.82, 2.24) is 4.90 Å². The molecule has 8 heteroatoms. The zero-order valence-corrected chi connectivity index (χ0v) is 15.3. The van der Waals surface area contributed by atoms with Gasteiger partial charge in [-0.3, -0.25) is 9.59 Å². The van der Waals surface area contributed by atoms with Crippen LogP contribution in [-0.4, -0.2) is 50.5 Å². The van der Waals surface area contributed by atoms with Gasteiger partial charge in [0.05, 0.1) is 9.90 Å². The maximum absolute atomic E-state index is 12.4. The van der Waals surface area contributed by atoms with Crippen LogP contribution in [0, 0.1) is 6.92 Å². The van der Waals surface area contributed by atoms with E-state index in [2.05, 4.69) is 0 Å². The number of amides is 2. The monoisotopic (exact) mass is 378 g/mol. The van der Waals surface area contributed by atoms with Gasteiger partial charge in [-0.05, 0) is 31.2 Å². The molecular formula is C17H18N2O4S2. The topological polar surface area (TPSA) is 74.8 Å². The van der Waals surface area contributed by atoms with Gasteiger partial charge in [0.1, 0.15) is 12.3 Å². The normalized spacial score (nSPS) is 15.5. The highest BCUT2D eigenvalue weighted by Gasteiger charge is 2.31. The third-order valence-electron chi connectivity index (χ3n) is 3.98. The van der Waals surface area contributed by atoms with Gasteiger partial charge in [0.2, 0.25) is 11.8 Å². The molecule has 25 heavy (non-hydrogen) atoms. The minimum Gasteiger partial charge on any atom is -0.331 e. The number of piperazine rings is 1. The number of hydrogen-bond donors (Lipinski definition) is 0. The van der Waals surface area contributed by atoms with E-state index in [1.165, 1.54) is 28.4 Å². The predicted octanol–water partition coefficient (Wildman–Crippen LogP) is 1.71. The van der Waals surface area contributed by atoms with Gasteiger partial charge in [0, 0.05) is 18.0 Å². The van der Waals surface area contributed by atoms with Crippen LogP contribution in [0.4, 0.5) is 5.00 Å². The van der Waals surface area contributed by atoms with Crippen molar-refractivity contribution in [2.75, 3.05) is 30.3 Å². The summed E-state index contributed by atoms with van der Waals surface area (Å²) >= 11 is 1.52. The molecule has 132 valence electrons. The minimum absolute atomic E-state index is 0.0971. The summed E-state index contributed by atoms with van der Waals surface area (Å²) in [4.78, 5) is 28.9. The van der Waals surface area contributed by atoms with Crippen molar-refractivity contribution in [2.45, 2.75) is 11.8 Å². The smallest absolute Gasteiger partial charge is 0.247 e. The van der Waals surface area contributed by atoms with Gasteiger partial charge < -0.3 is 9.80 Å². The average molecular weight is 378 g/mol. The number of rotatable bonds is 4. The molecule has 0 spiro atoms. The lowest BCUT2D eigenvalue weighted by Gasteiger charge is -2.33. The number of thiophene rings is 1. The molecule has 1 aromatic heterocycles. The van der Waals surface area contributed by atoms with Gasteiger partial charge in [-0.2, -0.15) is 0 Å². The van der Waals surface area contributed by atoms with Crippen LogP contribution in [0.5, 0.6) is 0 Å². The number of hydrogen-bond acceptors (Lipinski definition) is 5. The maximum atomic E-state index is 12.4. The summed E-state index contributed by atoms with van der Waals surface area (Å²) < 4.78 is 24.6. The molecule has 2 heterocycles. The number of aryl methyl sites for hydroxylation is 1. The Morgan fingerprint density at radius 2 is 1.84 bits per heavy atom. The first-order chi connectivity index (χ1) is 11.9. The van der Waals surface area contributed by atoms with E-state index in [1.54, 1.807) is 23.1 Å². The summed E-state index contributed by atoms with van der Waals surface area (Å²) in [5, 5.41) is 0.853. The Hall–Kier alpha value is -2.19. The lowest BCUT2D eigenvalue weighted by molar-refractivity contribution is -0.134. The van der Waals surface area contributed by atoms with Gasteiger partial charge >= 0.3 is 0 Å². The molecule has 1 aliphatic heterocycles. The van der Waals surface area contributed by atoms with E-state index in [9.17, 15) is 18.0 Å². The Balaban J connectivity index is 1.66. The van der Waals surface area contributed by atoms with Crippen LogP contribution >= 0.6 is 11.3 Å². The third-order valence-corrected chi connectivity index (χ3v) is 6.62. The predicted molar refractivity (Wildman–Crippen MR) is 96.5 cm³/mol. The van der Waals surface area contributed by atoms with Crippen LogP contribution in [0.1, 0.15) is 4.88 Å². The molecule has 2 amide bonds. The van der Waals surface area contributed by atoms with E-state index in [0.717, 1.165) is 9.88 Å². The van der Waals surface area contributed by atoms with Crippen molar-refractivity contribution in [3.8, 4) is 0 Å². The quantitative estimate of drug-likeness (QED) is 0.812. The third kappa shape index (κ3) is 3.91. The van der Waals surface area contributed by atoms with E-state index >= 15 is 0 Å². The maximum Gasteiger partial charge on any atom is 0.247 e. The van der Waals surface area contributed by atoms with Crippen molar-refractivity contribution in [1.29, 1.82) is 0 Å². The van der Waals surface area contributed by atoms with Gasteiger partial charge in [-0.25, -0.2) is 8.42 Å². The SMILES string of the molecule is Cc1ccc(N2CCN(C(=O)CS(=O)(=O)c3ccccc3)CC2=O)s1. The molecule has 0 N–H and O–H groups in total. The molecule has 0 aliphatic carbocycles. The van der Waals surface area contributed by atoms with Crippen LogP contribution in [0.15, 0.2) is 47.4 Å². The number of sulfone groups is 1. The fraction of sp³-hybridized carbons (Fsp3) is 0.294. The number of carbonyl (C=O) groups excluding carboxylic acids is 2. The van der Waals surface area contributed by atoms with E-state index in [4.69, 9.17) is 0 Å².